The van der Waals surface area contributed by atoms with E-state index in [4.69, 9.17) is 9.47 Å². The molecule has 0 aliphatic heterocycles. The van der Waals surface area contributed by atoms with E-state index >= 15 is 0 Å². The van der Waals surface area contributed by atoms with Crippen LogP contribution in [0.4, 0.5) is 0 Å². The molecule has 0 saturated heterocycles. The Labute approximate surface area is 195 Å². The van der Waals surface area contributed by atoms with Gasteiger partial charge in [0.2, 0.25) is 0 Å². The van der Waals surface area contributed by atoms with Crippen LogP contribution in [0.2, 0.25) is 0 Å². The van der Waals surface area contributed by atoms with Crippen molar-refractivity contribution in [2.45, 2.75) is 90.7 Å². The third-order valence-electron chi connectivity index (χ3n) is 4.88. The van der Waals surface area contributed by atoms with E-state index in [1.54, 1.807) is 0 Å². The average Bonchev–Trinajstić information content (AvgIpc) is 2.65. The van der Waals surface area contributed by atoms with Crippen molar-refractivity contribution in [2.75, 3.05) is 13.2 Å². The molecule has 4 atom stereocenters. The molecule has 0 heterocycles. The molecule has 0 aromatic carbocycles. The molecule has 160 valence electrons. The summed E-state index contributed by atoms with van der Waals surface area (Å²) in [6.07, 6.45) is 7.39. The summed E-state index contributed by atoms with van der Waals surface area (Å²) < 4.78 is 33.2. The van der Waals surface area contributed by atoms with E-state index in [1.165, 1.54) is 0 Å². The molecule has 0 N–H and O–H groups in total. The van der Waals surface area contributed by atoms with Gasteiger partial charge < -0.3 is 14.0 Å². The number of esters is 2. The first-order valence-corrected chi connectivity index (χ1v) is 11.4. The van der Waals surface area contributed by atoms with E-state index in [0.29, 0.717) is 0 Å². The Balaban J connectivity index is 0. The van der Waals surface area contributed by atoms with E-state index in [1.807, 2.05) is 13.8 Å². The number of hydrogen-bond acceptors (Lipinski definition) is 6. The fourth-order valence-electron chi connectivity index (χ4n) is 2.74. The molecule has 4 unspecified atom stereocenters. The van der Waals surface area contributed by atoms with Gasteiger partial charge in [-0.3, -0.25) is 13.8 Å². The Hall–Kier alpha value is 0.0500. The van der Waals surface area contributed by atoms with Crippen molar-refractivity contribution in [1.29, 1.82) is 0 Å². The number of carbonyl (C=O) groups excluding carboxylic acids is 2. The number of ether oxygens (including phenoxy) is 2. The van der Waals surface area contributed by atoms with Crippen LogP contribution in [0, 0.1) is 11.8 Å². The van der Waals surface area contributed by atoms with Crippen molar-refractivity contribution >= 4 is 23.0 Å². The Morgan fingerprint density at radius 2 is 1.36 bits per heavy atom. The molecular weight excluding hydrogens is 391 g/mol. The maximum Gasteiger partial charge on any atom is 1.00 e. The zero-order valence-electron chi connectivity index (χ0n) is 18.4. The molecule has 0 radical (unpaired) electrons. The first-order valence-electron chi connectivity index (χ1n) is 10.3. The van der Waals surface area contributed by atoms with Gasteiger partial charge in [0.25, 0.3) is 0 Å². The minimum atomic E-state index is -2.72. The summed E-state index contributed by atoms with van der Waals surface area (Å²) in [5, 5.41) is -1.50. The first-order chi connectivity index (χ1) is 12.9. The van der Waals surface area contributed by atoms with Crippen LogP contribution in [0.1, 0.15) is 85.5 Å². The summed E-state index contributed by atoms with van der Waals surface area (Å²) >= 11 is -2.72. The van der Waals surface area contributed by atoms with Crippen LogP contribution in [0.15, 0.2) is 0 Å². The van der Waals surface area contributed by atoms with Crippen LogP contribution in [0.25, 0.3) is 0 Å². The molecule has 0 fully saturated rings. The van der Waals surface area contributed by atoms with Gasteiger partial charge in [0, 0.05) is 0 Å². The van der Waals surface area contributed by atoms with Crippen molar-refractivity contribution in [3.63, 3.8) is 0 Å². The fourth-order valence-corrected chi connectivity index (χ4v) is 3.24. The Kier molecular flexibility index (Phi) is 20.6. The minimum absolute atomic E-state index is 0. The molecule has 28 heavy (non-hydrogen) atoms. The largest absolute Gasteiger partial charge is 1.00 e. The topological polar surface area (TPSA) is 92.7 Å². The van der Waals surface area contributed by atoms with Crippen molar-refractivity contribution in [3.8, 4) is 0 Å². The van der Waals surface area contributed by atoms with Crippen molar-refractivity contribution in [1.82, 2.24) is 0 Å². The van der Waals surface area contributed by atoms with Crippen LogP contribution in [0.3, 0.4) is 0 Å². The second-order valence-electron chi connectivity index (χ2n) is 7.10. The van der Waals surface area contributed by atoms with Gasteiger partial charge in [-0.05, 0) is 35.8 Å². The van der Waals surface area contributed by atoms with Crippen molar-refractivity contribution in [2.24, 2.45) is 11.8 Å². The Bertz CT molecular complexity index is 446. The molecule has 0 aliphatic carbocycles. The van der Waals surface area contributed by atoms with E-state index < -0.39 is 34.7 Å². The molecule has 6 nitrogen and oxygen atoms in total. The van der Waals surface area contributed by atoms with Gasteiger partial charge in [0.05, 0.1) is 19.6 Å². The molecule has 8 heteroatoms. The normalized spacial score (nSPS) is 15.0. The van der Waals surface area contributed by atoms with Gasteiger partial charge in [0.15, 0.2) is 0 Å². The molecular formula is C20H37NaO6S. The molecule has 0 aromatic heterocycles. The Morgan fingerprint density at radius 3 is 1.75 bits per heavy atom. The maximum atomic E-state index is 12.1. The van der Waals surface area contributed by atoms with E-state index in [2.05, 4.69) is 13.8 Å². The zero-order valence-corrected chi connectivity index (χ0v) is 21.2. The quantitative estimate of drug-likeness (QED) is 0.208. The van der Waals surface area contributed by atoms with Crippen LogP contribution in [0.5, 0.6) is 0 Å². The standard InChI is InChI=1S/C20H38O6S.Na/c1-5-9-11-16(7-3)14-25-19(21)13-18(27(23)24)20(22)26-15-17(8-4)12-10-6-2;/h16-18H,5-15H2,1-4H3,(H,23,24);/q;+1/p-1. The van der Waals surface area contributed by atoms with Crippen LogP contribution >= 0.6 is 0 Å². The van der Waals surface area contributed by atoms with Gasteiger partial charge >= 0.3 is 41.5 Å². The molecule has 0 amide bonds. The first kappa shape index (κ1) is 30.2. The Morgan fingerprint density at radius 1 is 0.893 bits per heavy atom. The predicted molar refractivity (Wildman–Crippen MR) is 106 cm³/mol. The van der Waals surface area contributed by atoms with Gasteiger partial charge in [-0.25, -0.2) is 0 Å². The van der Waals surface area contributed by atoms with Crippen LogP contribution in [-0.4, -0.2) is 39.2 Å². The number of hydrogen-bond donors (Lipinski definition) is 0. The molecule has 0 aromatic rings. The second kappa shape index (κ2) is 19.0. The van der Waals surface area contributed by atoms with E-state index in [-0.39, 0.29) is 54.6 Å². The van der Waals surface area contributed by atoms with Crippen molar-refractivity contribution < 1.29 is 57.4 Å². The SMILES string of the molecule is CCCCC(CC)COC(=O)CC(C(=O)OCC(CC)CCCC)S(=O)[O-].[Na+]. The van der Waals surface area contributed by atoms with Gasteiger partial charge in [-0.2, -0.15) is 0 Å². The van der Waals surface area contributed by atoms with Crippen LogP contribution < -0.4 is 29.6 Å². The third-order valence-corrected chi connectivity index (χ3v) is 5.70. The maximum absolute atomic E-state index is 12.1. The molecule has 0 bridgehead atoms. The monoisotopic (exact) mass is 428 g/mol. The second-order valence-corrected chi connectivity index (χ2v) is 8.19. The van der Waals surface area contributed by atoms with Crippen LogP contribution in [-0.2, 0) is 30.1 Å². The number of unbranched alkanes of at least 4 members (excludes halogenated alkanes) is 2. The molecule has 0 aliphatic rings. The summed E-state index contributed by atoms with van der Waals surface area (Å²) in [6, 6.07) is 0. The van der Waals surface area contributed by atoms with Gasteiger partial charge in [0.1, 0.15) is 5.25 Å². The predicted octanol–water partition coefficient (Wildman–Crippen LogP) is 1.15. The minimum Gasteiger partial charge on any atom is -0.772 e. The zero-order chi connectivity index (χ0) is 20.7. The number of rotatable bonds is 16. The van der Waals surface area contributed by atoms with Gasteiger partial charge in [-0.1, -0.05) is 66.2 Å². The average molecular weight is 429 g/mol. The smallest absolute Gasteiger partial charge is 0.772 e. The van der Waals surface area contributed by atoms with E-state index in [0.717, 1.165) is 51.4 Å². The summed E-state index contributed by atoms with van der Waals surface area (Å²) in [5.74, 6) is -1.06. The summed E-state index contributed by atoms with van der Waals surface area (Å²) in [7, 11) is 0. The van der Waals surface area contributed by atoms with Crippen molar-refractivity contribution in [3.05, 3.63) is 0 Å². The molecule has 0 rings (SSSR count). The fraction of sp³-hybridized carbons (Fsp3) is 0.900. The molecule has 0 saturated carbocycles. The summed E-state index contributed by atoms with van der Waals surface area (Å²) in [4.78, 5) is 24.1. The summed E-state index contributed by atoms with van der Waals surface area (Å²) in [5.41, 5.74) is 0. The summed E-state index contributed by atoms with van der Waals surface area (Å²) in [6.45, 7) is 8.68. The van der Waals surface area contributed by atoms with E-state index in [9.17, 15) is 18.4 Å². The number of carbonyl (C=O) groups is 2. The van der Waals surface area contributed by atoms with Gasteiger partial charge in [-0.15, -0.1) is 0 Å². The third kappa shape index (κ3) is 14.1. The molecule has 0 spiro atoms.